The lowest BCUT2D eigenvalue weighted by atomic mass is 10.1. The van der Waals surface area contributed by atoms with Crippen LogP contribution in [0.5, 0.6) is 0 Å². The van der Waals surface area contributed by atoms with Crippen molar-refractivity contribution in [1.29, 1.82) is 0 Å². The van der Waals surface area contributed by atoms with Gasteiger partial charge in [-0.1, -0.05) is 23.2 Å². The monoisotopic (exact) mass is 388 g/mol. The van der Waals surface area contributed by atoms with Crippen LogP contribution < -0.4 is 0 Å². The Kier molecular flexibility index (Phi) is 3.74. The Bertz CT molecular complexity index is 849. The molecule has 23 heavy (non-hydrogen) atoms. The van der Waals surface area contributed by atoms with E-state index in [0.29, 0.717) is 9.40 Å². The van der Waals surface area contributed by atoms with E-state index in [1.165, 1.54) is 0 Å². The van der Waals surface area contributed by atoms with Crippen LogP contribution in [0.4, 0.5) is 26.3 Å². The van der Waals surface area contributed by atoms with Crippen LogP contribution in [0.25, 0.3) is 20.2 Å². The second kappa shape index (κ2) is 5.16. The Morgan fingerprint density at radius 3 is 1.30 bits per heavy atom. The van der Waals surface area contributed by atoms with Gasteiger partial charge >= 0.3 is 12.4 Å². The van der Waals surface area contributed by atoms with Gasteiger partial charge in [0.05, 0.1) is 21.2 Å². The quantitative estimate of drug-likeness (QED) is 0.352. The first-order chi connectivity index (χ1) is 10.5. The molecule has 0 aliphatic heterocycles. The molecule has 0 saturated heterocycles. The number of halogens is 8. The molecule has 0 aliphatic rings. The Morgan fingerprint density at radius 2 is 1.00 bits per heavy atom. The molecule has 0 unspecified atom stereocenters. The van der Waals surface area contributed by atoms with Crippen molar-refractivity contribution in [3.05, 3.63) is 45.4 Å². The van der Waals surface area contributed by atoms with Crippen LogP contribution in [0.2, 0.25) is 10.0 Å². The summed E-state index contributed by atoms with van der Waals surface area (Å²) >= 11 is 12.3. The van der Waals surface area contributed by atoms with Gasteiger partial charge in [0, 0.05) is 20.2 Å². The normalized spacial score (nSPS) is 13.2. The smallest absolute Gasteiger partial charge is 0.166 e. The van der Waals surface area contributed by atoms with E-state index in [1.807, 2.05) is 0 Å². The van der Waals surface area contributed by atoms with Gasteiger partial charge in [-0.05, 0) is 24.3 Å². The predicted octanol–water partition coefficient (Wildman–Crippen LogP) is 7.40. The van der Waals surface area contributed by atoms with Crippen LogP contribution in [0.15, 0.2) is 24.3 Å². The highest BCUT2D eigenvalue weighted by Gasteiger charge is 2.35. The SMILES string of the molecule is FC(F)(F)c1cc2c(cc1Cl)sc1cc(Cl)c(C(F)(F)F)cc12. The van der Waals surface area contributed by atoms with Crippen LogP contribution in [0.3, 0.4) is 0 Å². The average Bonchev–Trinajstić information content (AvgIpc) is 2.70. The Balaban J connectivity index is 2.40. The van der Waals surface area contributed by atoms with Gasteiger partial charge in [-0.2, -0.15) is 26.3 Å². The molecular formula is C14H4Cl2F6S. The highest BCUT2D eigenvalue weighted by molar-refractivity contribution is 7.25. The van der Waals surface area contributed by atoms with Crippen molar-refractivity contribution >= 4 is 54.7 Å². The first-order valence-corrected chi connectivity index (χ1v) is 7.55. The molecule has 0 nitrogen and oxygen atoms in total. The second-order valence-corrected chi connectivity index (χ2v) is 6.65. The summed E-state index contributed by atoms with van der Waals surface area (Å²) in [4.78, 5) is 0. The summed E-state index contributed by atoms with van der Waals surface area (Å²) in [6.45, 7) is 0. The van der Waals surface area contributed by atoms with Gasteiger partial charge in [-0.25, -0.2) is 0 Å². The number of fused-ring (bicyclic) bond motifs is 3. The first-order valence-electron chi connectivity index (χ1n) is 5.98. The summed E-state index contributed by atoms with van der Waals surface area (Å²) in [5, 5.41) is -0.884. The summed E-state index contributed by atoms with van der Waals surface area (Å²) in [6, 6.07) is 3.74. The van der Waals surface area contributed by atoms with Crippen molar-refractivity contribution < 1.29 is 26.3 Å². The highest BCUT2D eigenvalue weighted by Crippen LogP contribution is 2.45. The lowest BCUT2D eigenvalue weighted by Crippen LogP contribution is -2.06. The molecule has 1 aromatic heterocycles. The predicted molar refractivity (Wildman–Crippen MR) is 79.4 cm³/mol. The number of hydrogen-bond donors (Lipinski definition) is 0. The number of hydrogen-bond acceptors (Lipinski definition) is 1. The Labute approximate surface area is 139 Å². The molecule has 0 amide bonds. The molecule has 2 aromatic carbocycles. The molecule has 0 saturated carbocycles. The fourth-order valence-corrected chi connectivity index (χ4v) is 4.07. The molecule has 1 heterocycles. The average molecular weight is 389 g/mol. The fraction of sp³-hybridized carbons (Fsp3) is 0.143. The zero-order valence-corrected chi connectivity index (χ0v) is 13.1. The maximum absolute atomic E-state index is 12.9. The topological polar surface area (TPSA) is 0 Å². The van der Waals surface area contributed by atoms with Crippen molar-refractivity contribution in [3.63, 3.8) is 0 Å². The standard InChI is InChI=1S/C14H4Cl2F6S/c15-9-3-11-5(1-7(9)13(17,18)19)6-2-8(14(20,21)22)10(16)4-12(6)23-11/h1-4H. The molecule has 122 valence electrons. The van der Waals surface area contributed by atoms with Crippen molar-refractivity contribution in [2.24, 2.45) is 0 Å². The Morgan fingerprint density at radius 1 is 0.652 bits per heavy atom. The summed E-state index contributed by atoms with van der Waals surface area (Å²) in [5.41, 5.74) is -2.18. The van der Waals surface area contributed by atoms with Gasteiger partial charge in [-0.3, -0.25) is 0 Å². The van der Waals surface area contributed by atoms with Crippen LogP contribution in [-0.4, -0.2) is 0 Å². The largest absolute Gasteiger partial charge is 0.417 e. The van der Waals surface area contributed by atoms with E-state index < -0.39 is 33.5 Å². The van der Waals surface area contributed by atoms with Crippen LogP contribution in [0.1, 0.15) is 11.1 Å². The third-order valence-corrected chi connectivity index (χ3v) is 5.00. The molecule has 3 aromatic rings. The molecule has 0 bridgehead atoms. The van der Waals surface area contributed by atoms with Crippen LogP contribution in [-0.2, 0) is 12.4 Å². The fourth-order valence-electron chi connectivity index (χ4n) is 2.25. The van der Waals surface area contributed by atoms with Gasteiger partial charge in [0.1, 0.15) is 0 Å². The Hall–Kier alpha value is -1.18. The lowest BCUT2D eigenvalue weighted by molar-refractivity contribution is -0.138. The van der Waals surface area contributed by atoms with E-state index in [-0.39, 0.29) is 10.8 Å². The third-order valence-electron chi connectivity index (χ3n) is 3.26. The maximum atomic E-state index is 12.9. The zero-order chi connectivity index (χ0) is 17.2. The first kappa shape index (κ1) is 16.7. The molecule has 0 atom stereocenters. The van der Waals surface area contributed by atoms with Crippen molar-refractivity contribution in [2.45, 2.75) is 12.4 Å². The van der Waals surface area contributed by atoms with E-state index in [9.17, 15) is 26.3 Å². The molecular weight excluding hydrogens is 385 g/mol. The van der Waals surface area contributed by atoms with Gasteiger partial charge in [0.15, 0.2) is 0 Å². The minimum Gasteiger partial charge on any atom is -0.166 e. The molecule has 0 N–H and O–H groups in total. The minimum absolute atomic E-state index is 0.0592. The van der Waals surface area contributed by atoms with Gasteiger partial charge < -0.3 is 0 Å². The maximum Gasteiger partial charge on any atom is 0.417 e. The molecule has 0 radical (unpaired) electrons. The molecule has 0 aliphatic carbocycles. The molecule has 9 heteroatoms. The van der Waals surface area contributed by atoms with E-state index in [2.05, 4.69) is 0 Å². The van der Waals surface area contributed by atoms with Gasteiger partial charge in [0.25, 0.3) is 0 Å². The van der Waals surface area contributed by atoms with E-state index in [1.54, 1.807) is 0 Å². The second-order valence-electron chi connectivity index (χ2n) is 4.75. The molecule has 3 rings (SSSR count). The van der Waals surface area contributed by atoms with Crippen LogP contribution >= 0.6 is 34.5 Å². The third kappa shape index (κ3) is 2.86. The van der Waals surface area contributed by atoms with Crippen molar-refractivity contribution in [3.8, 4) is 0 Å². The van der Waals surface area contributed by atoms with Gasteiger partial charge in [0.2, 0.25) is 0 Å². The summed E-state index contributed by atoms with van der Waals surface area (Å²) in [5.74, 6) is 0. The van der Waals surface area contributed by atoms with Gasteiger partial charge in [-0.15, -0.1) is 11.3 Å². The minimum atomic E-state index is -4.70. The molecule has 0 spiro atoms. The van der Waals surface area contributed by atoms with Crippen molar-refractivity contribution in [1.82, 2.24) is 0 Å². The van der Waals surface area contributed by atoms with Crippen LogP contribution in [0, 0.1) is 0 Å². The molecule has 0 fully saturated rings. The summed E-state index contributed by atoms with van der Waals surface area (Å²) < 4.78 is 78.3. The van der Waals surface area contributed by atoms with E-state index in [4.69, 9.17) is 23.2 Å². The van der Waals surface area contributed by atoms with E-state index >= 15 is 0 Å². The number of alkyl halides is 6. The van der Waals surface area contributed by atoms with E-state index in [0.717, 1.165) is 35.6 Å². The number of thiophene rings is 1. The zero-order valence-electron chi connectivity index (χ0n) is 10.7. The summed E-state index contributed by atoms with van der Waals surface area (Å²) in [6.07, 6.45) is -9.39. The number of rotatable bonds is 0. The highest BCUT2D eigenvalue weighted by atomic mass is 35.5. The lowest BCUT2D eigenvalue weighted by Gasteiger charge is -2.10. The van der Waals surface area contributed by atoms with Crippen molar-refractivity contribution in [2.75, 3.05) is 0 Å². The summed E-state index contributed by atoms with van der Waals surface area (Å²) in [7, 11) is 0. The number of benzene rings is 2.